The van der Waals surface area contributed by atoms with E-state index >= 15 is 0 Å². The van der Waals surface area contributed by atoms with Crippen molar-refractivity contribution in [2.75, 3.05) is 13.2 Å². The monoisotopic (exact) mass is 287 g/mol. The van der Waals surface area contributed by atoms with Gasteiger partial charge in [0.2, 0.25) is 5.91 Å². The van der Waals surface area contributed by atoms with Crippen molar-refractivity contribution >= 4 is 12.0 Å². The zero-order chi connectivity index (χ0) is 15.1. The van der Waals surface area contributed by atoms with Gasteiger partial charge in [-0.05, 0) is 49.3 Å². The summed E-state index contributed by atoms with van der Waals surface area (Å²) in [5.41, 5.74) is 2.37. The third-order valence-electron chi connectivity index (χ3n) is 4.16. The molecule has 1 heterocycles. The molecule has 1 saturated heterocycles. The van der Waals surface area contributed by atoms with Crippen LogP contribution in [-0.2, 0) is 11.2 Å². The number of hydrogen-bond donors (Lipinski definition) is 1. The first kappa shape index (κ1) is 15.8. The maximum Gasteiger partial charge on any atom is 0.246 e. The van der Waals surface area contributed by atoms with E-state index in [1.807, 2.05) is 11.0 Å². The van der Waals surface area contributed by atoms with Gasteiger partial charge in [-0.25, -0.2) is 0 Å². The molecule has 1 atom stereocenters. The van der Waals surface area contributed by atoms with E-state index in [9.17, 15) is 4.79 Å². The number of hydrogen-bond acceptors (Lipinski definition) is 2. The van der Waals surface area contributed by atoms with Crippen molar-refractivity contribution in [1.82, 2.24) is 4.90 Å². The van der Waals surface area contributed by atoms with Crippen LogP contribution in [0, 0.1) is 0 Å². The fraction of sp³-hybridized carbons (Fsp3) is 0.500. The second-order valence-electron chi connectivity index (χ2n) is 5.62. The van der Waals surface area contributed by atoms with E-state index in [2.05, 4.69) is 31.2 Å². The molecule has 1 amide bonds. The van der Waals surface area contributed by atoms with Gasteiger partial charge < -0.3 is 10.0 Å². The highest BCUT2D eigenvalue weighted by Gasteiger charge is 2.26. The fourth-order valence-corrected chi connectivity index (χ4v) is 2.88. The van der Waals surface area contributed by atoms with Crippen LogP contribution in [0.5, 0.6) is 0 Å². The molecular weight excluding hydrogens is 262 g/mol. The Labute approximate surface area is 127 Å². The average molecular weight is 287 g/mol. The largest absolute Gasteiger partial charge is 0.396 e. The Morgan fingerprint density at radius 1 is 1.38 bits per heavy atom. The highest BCUT2D eigenvalue weighted by Crippen LogP contribution is 2.21. The molecule has 0 bridgehead atoms. The van der Waals surface area contributed by atoms with Crippen LogP contribution in [0.4, 0.5) is 0 Å². The van der Waals surface area contributed by atoms with Gasteiger partial charge in [0.25, 0.3) is 0 Å². The number of aliphatic hydroxyl groups excluding tert-OH is 1. The Bertz CT molecular complexity index is 478. The SMILES string of the molecule is CCc1ccc(C=CC(=O)N2CCCC2CCCO)cc1. The Morgan fingerprint density at radius 3 is 2.81 bits per heavy atom. The summed E-state index contributed by atoms with van der Waals surface area (Å²) in [7, 11) is 0. The third-order valence-corrected chi connectivity index (χ3v) is 4.16. The number of amides is 1. The van der Waals surface area contributed by atoms with Crippen LogP contribution < -0.4 is 0 Å². The van der Waals surface area contributed by atoms with Crippen LogP contribution >= 0.6 is 0 Å². The quantitative estimate of drug-likeness (QED) is 0.817. The van der Waals surface area contributed by atoms with Crippen molar-refractivity contribution < 1.29 is 9.90 Å². The number of carbonyl (C=O) groups is 1. The second-order valence-corrected chi connectivity index (χ2v) is 5.62. The van der Waals surface area contributed by atoms with Crippen LogP contribution in [0.25, 0.3) is 6.08 Å². The summed E-state index contributed by atoms with van der Waals surface area (Å²) in [6.45, 7) is 3.18. The van der Waals surface area contributed by atoms with E-state index in [0.29, 0.717) is 6.04 Å². The van der Waals surface area contributed by atoms with E-state index in [4.69, 9.17) is 5.11 Å². The molecule has 0 aromatic heterocycles. The predicted molar refractivity (Wildman–Crippen MR) is 85.9 cm³/mol. The molecule has 1 aromatic rings. The van der Waals surface area contributed by atoms with Gasteiger partial charge >= 0.3 is 0 Å². The van der Waals surface area contributed by atoms with Crippen molar-refractivity contribution in [2.45, 2.75) is 45.1 Å². The zero-order valence-electron chi connectivity index (χ0n) is 12.8. The maximum atomic E-state index is 12.3. The molecule has 1 aromatic carbocycles. The predicted octanol–water partition coefficient (Wildman–Crippen LogP) is 3.03. The van der Waals surface area contributed by atoms with Crippen LogP contribution in [-0.4, -0.2) is 35.1 Å². The fourth-order valence-electron chi connectivity index (χ4n) is 2.88. The molecule has 3 nitrogen and oxygen atoms in total. The second kappa shape index (κ2) is 7.99. The van der Waals surface area contributed by atoms with Crippen molar-refractivity contribution in [3.05, 3.63) is 41.5 Å². The molecule has 1 unspecified atom stereocenters. The van der Waals surface area contributed by atoms with Gasteiger partial charge in [0, 0.05) is 25.3 Å². The van der Waals surface area contributed by atoms with E-state index in [1.54, 1.807) is 6.08 Å². The Balaban J connectivity index is 1.94. The molecule has 1 aliphatic heterocycles. The Hall–Kier alpha value is -1.61. The molecule has 0 saturated carbocycles. The normalized spacial score (nSPS) is 18.6. The van der Waals surface area contributed by atoms with Crippen molar-refractivity contribution in [2.24, 2.45) is 0 Å². The average Bonchev–Trinajstić information content (AvgIpc) is 2.99. The van der Waals surface area contributed by atoms with Crippen LogP contribution in [0.1, 0.15) is 43.7 Å². The highest BCUT2D eigenvalue weighted by molar-refractivity contribution is 5.92. The highest BCUT2D eigenvalue weighted by atomic mass is 16.3. The summed E-state index contributed by atoms with van der Waals surface area (Å²) in [5.74, 6) is 0.0926. The van der Waals surface area contributed by atoms with Gasteiger partial charge in [-0.15, -0.1) is 0 Å². The number of nitrogens with zero attached hydrogens (tertiary/aromatic N) is 1. The van der Waals surface area contributed by atoms with Gasteiger partial charge in [-0.1, -0.05) is 31.2 Å². The number of rotatable bonds is 6. The summed E-state index contributed by atoms with van der Waals surface area (Å²) in [6, 6.07) is 8.61. The van der Waals surface area contributed by atoms with Crippen LogP contribution in [0.3, 0.4) is 0 Å². The molecule has 0 spiro atoms. The lowest BCUT2D eigenvalue weighted by Gasteiger charge is -2.23. The first-order chi connectivity index (χ1) is 10.2. The summed E-state index contributed by atoms with van der Waals surface area (Å²) in [5, 5.41) is 8.93. The van der Waals surface area contributed by atoms with Crippen LogP contribution in [0.2, 0.25) is 0 Å². The van der Waals surface area contributed by atoms with Crippen molar-refractivity contribution in [3.8, 4) is 0 Å². The maximum absolute atomic E-state index is 12.3. The summed E-state index contributed by atoms with van der Waals surface area (Å²) in [6.07, 6.45) is 8.41. The minimum atomic E-state index is 0.0926. The number of carbonyl (C=O) groups excluding carboxylic acids is 1. The molecule has 3 heteroatoms. The van der Waals surface area contributed by atoms with Gasteiger partial charge in [-0.3, -0.25) is 4.79 Å². The molecule has 21 heavy (non-hydrogen) atoms. The third kappa shape index (κ3) is 4.43. The van der Waals surface area contributed by atoms with Gasteiger partial charge in [-0.2, -0.15) is 0 Å². The van der Waals surface area contributed by atoms with E-state index < -0.39 is 0 Å². The minimum absolute atomic E-state index is 0.0926. The lowest BCUT2D eigenvalue weighted by atomic mass is 10.1. The number of aryl methyl sites for hydroxylation is 1. The zero-order valence-corrected chi connectivity index (χ0v) is 12.8. The molecule has 0 radical (unpaired) electrons. The van der Waals surface area contributed by atoms with E-state index in [0.717, 1.165) is 44.2 Å². The Morgan fingerprint density at radius 2 is 2.14 bits per heavy atom. The standard InChI is InChI=1S/C18H25NO2/c1-2-15-7-9-16(10-8-15)11-12-18(21)19-13-3-5-17(19)6-4-14-20/h7-12,17,20H,2-6,13-14H2,1H3. The molecule has 114 valence electrons. The van der Waals surface area contributed by atoms with Gasteiger partial charge in [0.05, 0.1) is 0 Å². The first-order valence-electron chi connectivity index (χ1n) is 7.93. The topological polar surface area (TPSA) is 40.5 Å². The summed E-state index contributed by atoms with van der Waals surface area (Å²) < 4.78 is 0. The lowest BCUT2D eigenvalue weighted by molar-refractivity contribution is -0.126. The molecular formula is C18H25NO2. The minimum Gasteiger partial charge on any atom is -0.396 e. The molecule has 1 aliphatic rings. The van der Waals surface area contributed by atoms with E-state index in [-0.39, 0.29) is 12.5 Å². The molecule has 1 N–H and O–H groups in total. The summed E-state index contributed by atoms with van der Waals surface area (Å²) in [4.78, 5) is 14.2. The van der Waals surface area contributed by atoms with Crippen molar-refractivity contribution in [1.29, 1.82) is 0 Å². The first-order valence-corrected chi connectivity index (χ1v) is 7.93. The van der Waals surface area contributed by atoms with Crippen LogP contribution in [0.15, 0.2) is 30.3 Å². The van der Waals surface area contributed by atoms with Gasteiger partial charge in [0.15, 0.2) is 0 Å². The number of likely N-dealkylation sites (tertiary alicyclic amines) is 1. The lowest BCUT2D eigenvalue weighted by Crippen LogP contribution is -2.34. The van der Waals surface area contributed by atoms with Gasteiger partial charge in [0.1, 0.15) is 0 Å². The summed E-state index contributed by atoms with van der Waals surface area (Å²) >= 11 is 0. The number of benzene rings is 1. The Kier molecular flexibility index (Phi) is 6.00. The molecule has 2 rings (SSSR count). The molecule has 1 fully saturated rings. The van der Waals surface area contributed by atoms with E-state index in [1.165, 1.54) is 5.56 Å². The molecule has 0 aliphatic carbocycles. The van der Waals surface area contributed by atoms with Crippen molar-refractivity contribution in [3.63, 3.8) is 0 Å². The number of aliphatic hydroxyl groups is 1. The smallest absolute Gasteiger partial charge is 0.246 e.